The van der Waals surface area contributed by atoms with Gasteiger partial charge in [0.15, 0.2) is 0 Å². The molecule has 1 aromatic heterocycles. The van der Waals surface area contributed by atoms with E-state index in [1.807, 2.05) is 0 Å². The van der Waals surface area contributed by atoms with Gasteiger partial charge in [-0.25, -0.2) is 0 Å². The molecule has 0 spiro atoms. The van der Waals surface area contributed by atoms with Crippen LogP contribution in [0.15, 0.2) is 28.9 Å². The van der Waals surface area contributed by atoms with E-state index in [-0.39, 0.29) is 0 Å². The molecule has 0 unspecified atom stereocenters. The van der Waals surface area contributed by atoms with E-state index in [0.29, 0.717) is 15.4 Å². The molecule has 2 rings (SSSR count). The third-order valence-electron chi connectivity index (χ3n) is 2.30. The summed E-state index contributed by atoms with van der Waals surface area (Å²) in [6.45, 7) is 1.79. The lowest BCUT2D eigenvalue weighted by molar-refractivity contribution is -0.137. The van der Waals surface area contributed by atoms with Gasteiger partial charge in [0.1, 0.15) is 0 Å². The van der Waals surface area contributed by atoms with Crippen molar-refractivity contribution in [3.8, 4) is 0 Å². The summed E-state index contributed by atoms with van der Waals surface area (Å²) in [4.78, 5) is 4.07. The number of benzene rings is 1. The molecule has 0 aliphatic carbocycles. The summed E-state index contributed by atoms with van der Waals surface area (Å²) in [6.07, 6.45) is -2.70. The predicted octanol–water partition coefficient (Wildman–Crippen LogP) is 4.32. The normalized spacial score (nSPS) is 12.1. The SMILES string of the molecule is Cc1cnc2ccc(C(F)(F)F)cc2c1Br. The van der Waals surface area contributed by atoms with E-state index in [2.05, 4.69) is 20.9 Å². The zero-order chi connectivity index (χ0) is 11.9. The van der Waals surface area contributed by atoms with Crippen molar-refractivity contribution in [3.05, 3.63) is 40.0 Å². The molecule has 2 aromatic rings. The van der Waals surface area contributed by atoms with Crippen molar-refractivity contribution >= 4 is 26.8 Å². The van der Waals surface area contributed by atoms with Crippen molar-refractivity contribution in [1.29, 1.82) is 0 Å². The molecule has 5 heteroatoms. The molecule has 0 saturated heterocycles. The zero-order valence-electron chi connectivity index (χ0n) is 8.27. The zero-order valence-corrected chi connectivity index (χ0v) is 9.85. The van der Waals surface area contributed by atoms with Crippen molar-refractivity contribution in [3.63, 3.8) is 0 Å². The summed E-state index contributed by atoms with van der Waals surface area (Å²) in [6, 6.07) is 3.53. The van der Waals surface area contributed by atoms with Gasteiger partial charge in [0.05, 0.1) is 11.1 Å². The highest BCUT2D eigenvalue weighted by molar-refractivity contribution is 9.10. The second kappa shape index (κ2) is 3.73. The van der Waals surface area contributed by atoms with Crippen molar-refractivity contribution in [2.75, 3.05) is 0 Å². The Hall–Kier alpha value is -1.10. The van der Waals surface area contributed by atoms with E-state index in [1.165, 1.54) is 6.07 Å². The largest absolute Gasteiger partial charge is 0.416 e. The van der Waals surface area contributed by atoms with E-state index >= 15 is 0 Å². The summed E-state index contributed by atoms with van der Waals surface area (Å²) >= 11 is 3.27. The van der Waals surface area contributed by atoms with Crippen LogP contribution >= 0.6 is 15.9 Å². The molecule has 0 bridgehead atoms. The Balaban J connectivity index is 2.74. The summed E-state index contributed by atoms with van der Waals surface area (Å²) in [5.74, 6) is 0. The second-order valence-electron chi connectivity index (χ2n) is 3.48. The van der Waals surface area contributed by atoms with Crippen LogP contribution in [0.25, 0.3) is 10.9 Å². The number of aryl methyl sites for hydroxylation is 1. The second-order valence-corrected chi connectivity index (χ2v) is 4.28. The molecule has 84 valence electrons. The fourth-order valence-corrected chi connectivity index (χ4v) is 1.86. The lowest BCUT2D eigenvalue weighted by Crippen LogP contribution is -2.04. The van der Waals surface area contributed by atoms with Gasteiger partial charge in [-0.3, -0.25) is 4.98 Å². The van der Waals surface area contributed by atoms with Crippen LogP contribution in [0.3, 0.4) is 0 Å². The smallest absolute Gasteiger partial charge is 0.256 e. The lowest BCUT2D eigenvalue weighted by Gasteiger charge is -2.09. The highest BCUT2D eigenvalue weighted by Crippen LogP contribution is 2.33. The van der Waals surface area contributed by atoms with Crippen LogP contribution in [0.4, 0.5) is 13.2 Å². The summed E-state index contributed by atoms with van der Waals surface area (Å²) in [5.41, 5.74) is 0.699. The Kier molecular flexibility index (Phi) is 2.66. The Bertz CT molecular complexity index is 549. The average molecular weight is 290 g/mol. The predicted molar refractivity (Wildman–Crippen MR) is 59.2 cm³/mol. The maximum Gasteiger partial charge on any atom is 0.416 e. The van der Waals surface area contributed by atoms with Gasteiger partial charge in [0, 0.05) is 16.1 Å². The highest BCUT2D eigenvalue weighted by Gasteiger charge is 2.30. The number of halogens is 4. The van der Waals surface area contributed by atoms with Gasteiger partial charge < -0.3 is 0 Å². The molecular weight excluding hydrogens is 283 g/mol. The van der Waals surface area contributed by atoms with Crippen molar-refractivity contribution in [1.82, 2.24) is 4.98 Å². The minimum Gasteiger partial charge on any atom is -0.256 e. The molecule has 0 N–H and O–H groups in total. The topological polar surface area (TPSA) is 12.9 Å². The first-order valence-electron chi connectivity index (χ1n) is 4.51. The Morgan fingerprint density at radius 1 is 1.25 bits per heavy atom. The van der Waals surface area contributed by atoms with Crippen LogP contribution in [0.2, 0.25) is 0 Å². The summed E-state index contributed by atoms with van der Waals surface area (Å²) < 4.78 is 38.2. The fraction of sp³-hybridized carbons (Fsp3) is 0.182. The molecule has 0 saturated carbocycles. The van der Waals surface area contributed by atoms with Gasteiger partial charge in [0.2, 0.25) is 0 Å². The quantitative estimate of drug-likeness (QED) is 0.704. The number of hydrogen-bond donors (Lipinski definition) is 0. The van der Waals surface area contributed by atoms with Gasteiger partial charge >= 0.3 is 6.18 Å². The van der Waals surface area contributed by atoms with Gasteiger partial charge in [-0.2, -0.15) is 13.2 Å². The Morgan fingerprint density at radius 2 is 1.94 bits per heavy atom. The minimum atomic E-state index is -4.32. The number of nitrogens with zero attached hydrogens (tertiary/aromatic N) is 1. The number of aromatic nitrogens is 1. The van der Waals surface area contributed by atoms with Gasteiger partial charge in [-0.1, -0.05) is 0 Å². The van der Waals surface area contributed by atoms with Crippen LogP contribution in [-0.2, 0) is 6.18 Å². The maximum atomic E-state index is 12.5. The Labute approximate surface area is 98.4 Å². The fourth-order valence-electron chi connectivity index (χ4n) is 1.44. The van der Waals surface area contributed by atoms with Crippen molar-refractivity contribution in [2.24, 2.45) is 0 Å². The molecule has 0 atom stereocenters. The molecule has 0 radical (unpaired) electrons. The molecule has 16 heavy (non-hydrogen) atoms. The van der Waals surface area contributed by atoms with E-state index in [4.69, 9.17) is 0 Å². The first-order chi connectivity index (χ1) is 7.39. The van der Waals surface area contributed by atoms with Crippen LogP contribution < -0.4 is 0 Å². The summed E-state index contributed by atoms with van der Waals surface area (Å²) in [7, 11) is 0. The molecule has 1 heterocycles. The van der Waals surface area contributed by atoms with Gasteiger partial charge in [-0.15, -0.1) is 0 Å². The molecular formula is C11H7BrF3N. The van der Waals surface area contributed by atoms with E-state index in [9.17, 15) is 13.2 Å². The van der Waals surface area contributed by atoms with E-state index < -0.39 is 11.7 Å². The minimum absolute atomic E-state index is 0.481. The number of fused-ring (bicyclic) bond motifs is 1. The Morgan fingerprint density at radius 3 is 2.56 bits per heavy atom. The molecule has 0 amide bonds. The first kappa shape index (κ1) is 11.4. The standard InChI is InChI=1S/C11H7BrF3N/c1-6-5-16-9-3-2-7(11(13,14)15)4-8(9)10(6)12/h2-5H,1H3. The number of hydrogen-bond acceptors (Lipinski definition) is 1. The number of rotatable bonds is 0. The van der Waals surface area contributed by atoms with Crippen molar-refractivity contribution in [2.45, 2.75) is 13.1 Å². The summed E-state index contributed by atoms with van der Waals surface area (Å²) in [5, 5.41) is 0.481. The van der Waals surface area contributed by atoms with Crippen LogP contribution in [0, 0.1) is 6.92 Å². The molecule has 1 nitrogen and oxygen atoms in total. The maximum absolute atomic E-state index is 12.5. The molecule has 0 fully saturated rings. The monoisotopic (exact) mass is 289 g/mol. The van der Waals surface area contributed by atoms with Crippen LogP contribution in [0.5, 0.6) is 0 Å². The van der Waals surface area contributed by atoms with Crippen molar-refractivity contribution < 1.29 is 13.2 Å². The number of pyridine rings is 1. The number of alkyl halides is 3. The van der Waals surface area contributed by atoms with Crippen LogP contribution in [0.1, 0.15) is 11.1 Å². The lowest BCUT2D eigenvalue weighted by atomic mass is 10.1. The van der Waals surface area contributed by atoms with Gasteiger partial charge in [0.25, 0.3) is 0 Å². The van der Waals surface area contributed by atoms with E-state index in [1.54, 1.807) is 13.1 Å². The third kappa shape index (κ3) is 1.91. The average Bonchev–Trinajstić information content (AvgIpc) is 2.22. The molecule has 0 aliphatic rings. The van der Waals surface area contributed by atoms with Crippen LogP contribution in [-0.4, -0.2) is 4.98 Å². The van der Waals surface area contributed by atoms with Gasteiger partial charge in [-0.05, 0) is 46.6 Å². The molecule has 0 aliphatic heterocycles. The van der Waals surface area contributed by atoms with E-state index in [0.717, 1.165) is 17.7 Å². The molecule has 1 aromatic carbocycles. The third-order valence-corrected chi connectivity index (χ3v) is 3.36. The first-order valence-corrected chi connectivity index (χ1v) is 5.31. The highest BCUT2D eigenvalue weighted by atomic mass is 79.9.